The number of nitrogen functional groups attached to an aromatic ring is 1. The summed E-state index contributed by atoms with van der Waals surface area (Å²) < 4.78 is 5.51. The molecule has 0 saturated carbocycles. The van der Waals surface area contributed by atoms with Crippen LogP contribution < -0.4 is 21.1 Å². The minimum absolute atomic E-state index is 0.0135. The number of carbonyl (C=O) groups is 1. The molecule has 1 aliphatic carbocycles. The predicted molar refractivity (Wildman–Crippen MR) is 139 cm³/mol. The molecular weight excluding hydrogens is 426 g/mol. The number of likely N-dealkylation sites (N-methyl/N-ethyl adjacent to an activating group) is 1. The number of allylic oxidation sites excluding steroid dienone is 1. The van der Waals surface area contributed by atoms with Gasteiger partial charge in [-0.05, 0) is 62.4 Å². The van der Waals surface area contributed by atoms with Gasteiger partial charge in [0.25, 0.3) is 0 Å². The largest absolute Gasteiger partial charge is 0.481 e. The second-order valence-electron chi connectivity index (χ2n) is 8.12. The van der Waals surface area contributed by atoms with E-state index in [1.165, 1.54) is 0 Å². The molecule has 7 nitrogen and oxygen atoms in total. The fourth-order valence-electron chi connectivity index (χ4n) is 4.05. The maximum atomic E-state index is 13.0. The highest BCUT2D eigenvalue weighted by atomic mass is 16.5. The van der Waals surface area contributed by atoms with Crippen LogP contribution in [0.15, 0.2) is 59.2 Å². The van der Waals surface area contributed by atoms with E-state index in [0.29, 0.717) is 24.0 Å². The summed E-state index contributed by atoms with van der Waals surface area (Å²) in [7, 11) is 0. The number of hydrogen-bond acceptors (Lipinski definition) is 6. The molecule has 0 fully saturated rings. The van der Waals surface area contributed by atoms with Gasteiger partial charge in [0.1, 0.15) is 12.4 Å². The van der Waals surface area contributed by atoms with Crippen molar-refractivity contribution in [3.63, 3.8) is 0 Å². The number of rotatable bonds is 11. The molecule has 4 N–H and O–H groups in total. The molecule has 1 unspecified atom stereocenters. The summed E-state index contributed by atoms with van der Waals surface area (Å²) in [6.45, 7) is 7.34. The fraction of sp³-hybridized carbons (Fsp3) is 0.333. The molecule has 0 spiro atoms. The monoisotopic (exact) mass is 459 g/mol. The first-order valence-corrected chi connectivity index (χ1v) is 11.5. The molecule has 7 heteroatoms. The number of carbonyl (C=O) groups excluding carboxylic acids is 1. The summed E-state index contributed by atoms with van der Waals surface area (Å²) in [5, 5.41) is 6.80. The average molecular weight is 460 g/mol. The molecule has 2 aromatic rings. The second kappa shape index (κ2) is 12.5. The van der Waals surface area contributed by atoms with Crippen molar-refractivity contribution in [2.45, 2.75) is 38.8 Å². The molecule has 1 amide bonds. The van der Waals surface area contributed by atoms with Crippen molar-refractivity contribution in [2.75, 3.05) is 30.7 Å². The van der Waals surface area contributed by atoms with Gasteiger partial charge >= 0.3 is 0 Å². The Hall–Kier alpha value is -3.76. The van der Waals surface area contributed by atoms with Gasteiger partial charge in [-0.2, -0.15) is 0 Å². The molecule has 0 aliphatic heterocycles. The minimum Gasteiger partial charge on any atom is -0.481 e. The second-order valence-corrected chi connectivity index (χ2v) is 8.12. The quantitative estimate of drug-likeness (QED) is 0.267. The summed E-state index contributed by atoms with van der Waals surface area (Å²) >= 11 is 0. The number of nitrogens with one attached hydrogen (secondary N) is 2. The lowest BCUT2D eigenvalue weighted by Crippen LogP contribution is -2.39. The van der Waals surface area contributed by atoms with E-state index in [2.05, 4.69) is 40.4 Å². The predicted octanol–water partition coefficient (Wildman–Crippen LogP) is 4.10. The van der Waals surface area contributed by atoms with E-state index in [1.807, 2.05) is 36.1 Å². The van der Waals surface area contributed by atoms with Crippen molar-refractivity contribution in [1.82, 2.24) is 10.2 Å². The van der Waals surface area contributed by atoms with Crippen LogP contribution in [0.4, 0.5) is 17.1 Å². The zero-order valence-corrected chi connectivity index (χ0v) is 19.7. The molecule has 0 aromatic heterocycles. The Kier molecular flexibility index (Phi) is 9.12. The van der Waals surface area contributed by atoms with Crippen LogP contribution in [0.25, 0.3) is 0 Å². The highest BCUT2D eigenvalue weighted by molar-refractivity contribution is 5.84. The number of terminal acetylenes is 1. The minimum atomic E-state index is 0.0135. The van der Waals surface area contributed by atoms with Crippen molar-refractivity contribution in [2.24, 2.45) is 4.99 Å². The molecule has 0 saturated heterocycles. The molecular formula is C27H33N5O2. The van der Waals surface area contributed by atoms with Gasteiger partial charge in [0.05, 0.1) is 17.9 Å². The summed E-state index contributed by atoms with van der Waals surface area (Å²) in [5.41, 5.74) is 9.97. The lowest BCUT2D eigenvalue weighted by molar-refractivity contribution is -0.127. The molecule has 1 atom stereocenters. The van der Waals surface area contributed by atoms with Crippen molar-refractivity contribution in [3.8, 4) is 18.1 Å². The first-order valence-electron chi connectivity index (χ1n) is 11.5. The van der Waals surface area contributed by atoms with Gasteiger partial charge in [0.15, 0.2) is 0 Å². The average Bonchev–Trinajstić information content (AvgIpc) is 2.86. The third kappa shape index (κ3) is 6.87. The van der Waals surface area contributed by atoms with Gasteiger partial charge in [0.2, 0.25) is 5.91 Å². The van der Waals surface area contributed by atoms with Gasteiger partial charge in [-0.3, -0.25) is 9.79 Å². The van der Waals surface area contributed by atoms with E-state index in [-0.39, 0.29) is 19.1 Å². The highest BCUT2D eigenvalue weighted by Gasteiger charge is 2.22. The van der Waals surface area contributed by atoms with Crippen LogP contribution in [0.3, 0.4) is 0 Å². The van der Waals surface area contributed by atoms with E-state index in [4.69, 9.17) is 16.9 Å². The first kappa shape index (κ1) is 24.9. The van der Waals surface area contributed by atoms with Crippen LogP contribution in [0, 0.1) is 12.3 Å². The standard InChI is InChI=1S/C27H33N5O2/c1-4-14-34-24-11-6-8-20(15-24)18-30-22-9-7-10-23(17-22)32(5-2)27(33)19-31-25-13-12-21(28)16-26(25)29-3/h1,6,8,10-13,15-16,22,30-31H,3,5,7,9,14,17-19,28H2,2H3. The normalized spacial score (nSPS) is 15.1. The number of anilines is 2. The number of aliphatic imine (C=N–C) groups is 1. The number of nitrogens with two attached hydrogens (primary N) is 1. The van der Waals surface area contributed by atoms with E-state index < -0.39 is 0 Å². The molecule has 3 rings (SSSR count). The highest BCUT2D eigenvalue weighted by Crippen LogP contribution is 2.27. The lowest BCUT2D eigenvalue weighted by atomic mass is 9.97. The van der Waals surface area contributed by atoms with E-state index in [1.54, 1.807) is 12.1 Å². The Morgan fingerprint density at radius 1 is 1.35 bits per heavy atom. The van der Waals surface area contributed by atoms with Gasteiger partial charge in [0, 0.05) is 36.9 Å². The van der Waals surface area contributed by atoms with E-state index in [0.717, 1.165) is 48.5 Å². The third-order valence-electron chi connectivity index (χ3n) is 5.75. The summed E-state index contributed by atoms with van der Waals surface area (Å²) in [6, 6.07) is 13.5. The van der Waals surface area contributed by atoms with Crippen LogP contribution in [0.1, 0.15) is 31.7 Å². The maximum absolute atomic E-state index is 13.0. The smallest absolute Gasteiger partial charge is 0.246 e. The van der Waals surface area contributed by atoms with Crippen molar-refractivity contribution >= 4 is 29.7 Å². The van der Waals surface area contributed by atoms with Crippen molar-refractivity contribution < 1.29 is 9.53 Å². The zero-order chi connectivity index (χ0) is 24.3. The Morgan fingerprint density at radius 3 is 2.97 bits per heavy atom. The number of nitrogens with zero attached hydrogens (tertiary/aromatic N) is 2. The molecule has 178 valence electrons. The fourth-order valence-corrected chi connectivity index (χ4v) is 4.05. The van der Waals surface area contributed by atoms with Gasteiger partial charge in [-0.1, -0.05) is 24.1 Å². The van der Waals surface area contributed by atoms with Crippen LogP contribution >= 0.6 is 0 Å². The summed E-state index contributed by atoms with van der Waals surface area (Å²) in [4.78, 5) is 18.9. The van der Waals surface area contributed by atoms with E-state index >= 15 is 0 Å². The number of hydrogen-bond donors (Lipinski definition) is 3. The van der Waals surface area contributed by atoms with Gasteiger partial charge < -0.3 is 26.0 Å². The Balaban J connectivity index is 1.55. The number of amides is 1. The summed E-state index contributed by atoms with van der Waals surface area (Å²) in [6.07, 6.45) is 10.2. The Bertz CT molecular complexity index is 1070. The number of benzene rings is 2. The van der Waals surface area contributed by atoms with Crippen molar-refractivity contribution in [1.29, 1.82) is 0 Å². The van der Waals surface area contributed by atoms with E-state index in [9.17, 15) is 4.79 Å². The van der Waals surface area contributed by atoms with Gasteiger partial charge in [-0.25, -0.2) is 0 Å². The maximum Gasteiger partial charge on any atom is 0.246 e. The third-order valence-corrected chi connectivity index (χ3v) is 5.75. The molecule has 0 heterocycles. The van der Waals surface area contributed by atoms with Crippen LogP contribution in [0.2, 0.25) is 0 Å². The van der Waals surface area contributed by atoms with Gasteiger partial charge in [-0.15, -0.1) is 6.42 Å². The van der Waals surface area contributed by atoms with Crippen LogP contribution in [-0.2, 0) is 11.3 Å². The van der Waals surface area contributed by atoms with Crippen molar-refractivity contribution in [3.05, 3.63) is 59.8 Å². The molecule has 2 aromatic carbocycles. The van der Waals surface area contributed by atoms with Crippen LogP contribution in [0.5, 0.6) is 5.75 Å². The molecule has 0 bridgehead atoms. The molecule has 1 aliphatic rings. The Labute approximate surface area is 202 Å². The molecule has 34 heavy (non-hydrogen) atoms. The van der Waals surface area contributed by atoms with Crippen LogP contribution in [-0.4, -0.2) is 43.3 Å². The zero-order valence-electron chi connectivity index (χ0n) is 19.7. The summed E-state index contributed by atoms with van der Waals surface area (Å²) in [5.74, 6) is 3.27. The first-order chi connectivity index (χ1) is 16.5. The SMILES string of the molecule is C#CCOc1cccc(CNC2CCC=C(N(CC)C(=O)CNc3ccc(N)cc3N=C)C2)c1. The molecule has 0 radical (unpaired) electrons. The Morgan fingerprint density at radius 2 is 2.21 bits per heavy atom. The lowest BCUT2D eigenvalue weighted by Gasteiger charge is -2.31. The topological polar surface area (TPSA) is 92.0 Å². The number of ether oxygens (including phenoxy) is 1.